The van der Waals surface area contributed by atoms with Gasteiger partial charge in [-0.2, -0.15) is 5.10 Å². The first kappa shape index (κ1) is 11.6. The van der Waals surface area contributed by atoms with Crippen LogP contribution in [0.3, 0.4) is 0 Å². The SMILES string of the molecule is Nc1ccc(C(=O)NN=C2CCCCC2)cc1. The third-order valence-corrected chi connectivity index (χ3v) is 2.92. The lowest BCUT2D eigenvalue weighted by atomic mass is 9.99. The summed E-state index contributed by atoms with van der Waals surface area (Å²) in [7, 11) is 0. The maximum absolute atomic E-state index is 11.7. The maximum atomic E-state index is 11.7. The number of nitrogens with one attached hydrogen (secondary N) is 1. The van der Waals surface area contributed by atoms with Crippen LogP contribution in [0.25, 0.3) is 0 Å². The van der Waals surface area contributed by atoms with Gasteiger partial charge in [0.05, 0.1) is 0 Å². The van der Waals surface area contributed by atoms with Gasteiger partial charge in [0.25, 0.3) is 5.91 Å². The Morgan fingerprint density at radius 1 is 1.12 bits per heavy atom. The minimum absolute atomic E-state index is 0.178. The highest BCUT2D eigenvalue weighted by Gasteiger charge is 2.08. The quantitative estimate of drug-likeness (QED) is 0.606. The van der Waals surface area contributed by atoms with Crippen LogP contribution in [0, 0.1) is 0 Å². The fraction of sp³-hybridized carbons (Fsp3) is 0.385. The molecular weight excluding hydrogens is 214 g/mol. The van der Waals surface area contributed by atoms with Crippen molar-refractivity contribution in [3.63, 3.8) is 0 Å². The van der Waals surface area contributed by atoms with E-state index in [1.165, 1.54) is 19.3 Å². The Hall–Kier alpha value is -1.84. The fourth-order valence-electron chi connectivity index (χ4n) is 1.90. The Kier molecular flexibility index (Phi) is 3.75. The molecule has 1 saturated carbocycles. The summed E-state index contributed by atoms with van der Waals surface area (Å²) in [5.41, 5.74) is 10.5. The molecule has 0 radical (unpaired) electrons. The molecule has 4 heteroatoms. The van der Waals surface area contributed by atoms with Gasteiger partial charge in [0.1, 0.15) is 0 Å². The van der Waals surface area contributed by atoms with Crippen LogP contribution in [0.1, 0.15) is 42.5 Å². The normalized spacial score (nSPS) is 15.4. The van der Waals surface area contributed by atoms with Crippen LogP contribution >= 0.6 is 0 Å². The van der Waals surface area contributed by atoms with Crippen molar-refractivity contribution < 1.29 is 4.79 Å². The van der Waals surface area contributed by atoms with Gasteiger partial charge in [-0.15, -0.1) is 0 Å². The van der Waals surface area contributed by atoms with Gasteiger partial charge in [-0.05, 0) is 49.9 Å². The summed E-state index contributed by atoms with van der Waals surface area (Å²) >= 11 is 0. The molecule has 1 amide bonds. The van der Waals surface area contributed by atoms with Gasteiger partial charge in [-0.1, -0.05) is 6.42 Å². The van der Waals surface area contributed by atoms with Gasteiger partial charge in [0, 0.05) is 17.0 Å². The van der Waals surface area contributed by atoms with Crippen molar-refractivity contribution in [3.8, 4) is 0 Å². The monoisotopic (exact) mass is 231 g/mol. The van der Waals surface area contributed by atoms with E-state index in [9.17, 15) is 4.79 Å². The van der Waals surface area contributed by atoms with E-state index in [1.54, 1.807) is 24.3 Å². The Labute approximate surface area is 101 Å². The third-order valence-electron chi connectivity index (χ3n) is 2.92. The molecule has 1 aliphatic rings. The third kappa shape index (κ3) is 3.31. The maximum Gasteiger partial charge on any atom is 0.271 e. The van der Waals surface area contributed by atoms with Crippen molar-refractivity contribution in [2.24, 2.45) is 5.10 Å². The van der Waals surface area contributed by atoms with Gasteiger partial charge in [-0.3, -0.25) is 4.79 Å². The molecule has 1 aliphatic carbocycles. The molecule has 1 aromatic rings. The van der Waals surface area contributed by atoms with Gasteiger partial charge in [0.15, 0.2) is 0 Å². The summed E-state index contributed by atoms with van der Waals surface area (Å²) in [5.74, 6) is -0.178. The first-order valence-electron chi connectivity index (χ1n) is 5.97. The van der Waals surface area contributed by atoms with Crippen molar-refractivity contribution in [3.05, 3.63) is 29.8 Å². The Balaban J connectivity index is 1.94. The van der Waals surface area contributed by atoms with Crippen LogP contribution in [-0.2, 0) is 0 Å². The highest BCUT2D eigenvalue weighted by molar-refractivity contribution is 5.95. The number of hydrogen-bond donors (Lipinski definition) is 2. The molecule has 90 valence electrons. The molecule has 0 spiro atoms. The summed E-state index contributed by atoms with van der Waals surface area (Å²) in [6, 6.07) is 6.82. The van der Waals surface area contributed by atoms with Crippen molar-refractivity contribution in [1.82, 2.24) is 5.43 Å². The minimum atomic E-state index is -0.178. The lowest BCUT2D eigenvalue weighted by Gasteiger charge is -2.11. The molecular formula is C13H17N3O. The molecule has 0 aromatic heterocycles. The van der Waals surface area contributed by atoms with Crippen molar-refractivity contribution >= 4 is 17.3 Å². The smallest absolute Gasteiger partial charge is 0.271 e. The number of benzene rings is 1. The minimum Gasteiger partial charge on any atom is -0.399 e. The molecule has 2 rings (SSSR count). The van der Waals surface area contributed by atoms with Crippen LogP contribution < -0.4 is 11.2 Å². The molecule has 0 bridgehead atoms. The van der Waals surface area contributed by atoms with E-state index in [-0.39, 0.29) is 5.91 Å². The number of anilines is 1. The summed E-state index contributed by atoms with van der Waals surface area (Å²) in [5, 5.41) is 4.17. The van der Waals surface area contributed by atoms with Crippen molar-refractivity contribution in [2.45, 2.75) is 32.1 Å². The van der Waals surface area contributed by atoms with Gasteiger partial charge < -0.3 is 5.73 Å². The molecule has 4 nitrogen and oxygen atoms in total. The number of nitrogens with zero attached hydrogens (tertiary/aromatic N) is 1. The van der Waals surface area contributed by atoms with Crippen LogP contribution in [0.15, 0.2) is 29.4 Å². The molecule has 0 heterocycles. The van der Waals surface area contributed by atoms with Crippen LogP contribution in [-0.4, -0.2) is 11.6 Å². The molecule has 1 aromatic carbocycles. The van der Waals surface area contributed by atoms with E-state index < -0.39 is 0 Å². The van der Waals surface area contributed by atoms with E-state index >= 15 is 0 Å². The van der Waals surface area contributed by atoms with E-state index in [0.29, 0.717) is 11.3 Å². The van der Waals surface area contributed by atoms with Gasteiger partial charge >= 0.3 is 0 Å². The predicted molar refractivity (Wildman–Crippen MR) is 68.8 cm³/mol. The molecule has 0 atom stereocenters. The first-order chi connectivity index (χ1) is 8.25. The zero-order valence-corrected chi connectivity index (χ0v) is 9.78. The number of hydrogen-bond acceptors (Lipinski definition) is 3. The average Bonchev–Trinajstić information content (AvgIpc) is 2.38. The van der Waals surface area contributed by atoms with E-state index in [2.05, 4.69) is 10.5 Å². The van der Waals surface area contributed by atoms with Crippen molar-refractivity contribution in [2.75, 3.05) is 5.73 Å². The molecule has 17 heavy (non-hydrogen) atoms. The average molecular weight is 231 g/mol. The summed E-state index contributed by atoms with van der Waals surface area (Å²) in [6.07, 6.45) is 5.63. The molecule has 0 saturated heterocycles. The largest absolute Gasteiger partial charge is 0.399 e. The Bertz CT molecular complexity index is 415. The second-order valence-corrected chi connectivity index (χ2v) is 4.30. The number of carbonyl (C=O) groups excluding carboxylic acids is 1. The van der Waals surface area contributed by atoms with Crippen LogP contribution in [0.4, 0.5) is 5.69 Å². The molecule has 3 N–H and O–H groups in total. The second kappa shape index (κ2) is 5.48. The number of carbonyl (C=O) groups is 1. The summed E-state index contributed by atoms with van der Waals surface area (Å²) in [4.78, 5) is 11.7. The van der Waals surface area contributed by atoms with Gasteiger partial charge in [0.2, 0.25) is 0 Å². The highest BCUT2D eigenvalue weighted by atomic mass is 16.2. The zero-order chi connectivity index (χ0) is 12.1. The molecule has 0 aliphatic heterocycles. The summed E-state index contributed by atoms with van der Waals surface area (Å²) in [6.45, 7) is 0. The number of nitrogens with two attached hydrogens (primary N) is 1. The van der Waals surface area contributed by atoms with Gasteiger partial charge in [-0.25, -0.2) is 5.43 Å². The first-order valence-corrected chi connectivity index (χ1v) is 5.97. The predicted octanol–water partition coefficient (Wildman–Crippen LogP) is 2.32. The number of rotatable bonds is 2. The summed E-state index contributed by atoms with van der Waals surface area (Å²) < 4.78 is 0. The molecule has 0 unspecified atom stereocenters. The van der Waals surface area contributed by atoms with E-state index in [4.69, 9.17) is 5.73 Å². The Morgan fingerprint density at radius 3 is 2.41 bits per heavy atom. The highest BCUT2D eigenvalue weighted by Crippen LogP contribution is 2.14. The number of hydrazone groups is 1. The van der Waals surface area contributed by atoms with E-state index in [1.807, 2.05) is 0 Å². The number of amides is 1. The van der Waals surface area contributed by atoms with E-state index in [0.717, 1.165) is 18.6 Å². The Morgan fingerprint density at radius 2 is 1.76 bits per heavy atom. The van der Waals surface area contributed by atoms with Crippen LogP contribution in [0.5, 0.6) is 0 Å². The lowest BCUT2D eigenvalue weighted by molar-refractivity contribution is 0.0954. The zero-order valence-electron chi connectivity index (χ0n) is 9.78. The lowest BCUT2D eigenvalue weighted by Crippen LogP contribution is -2.20. The van der Waals surface area contributed by atoms with Crippen LogP contribution in [0.2, 0.25) is 0 Å². The fourth-order valence-corrected chi connectivity index (χ4v) is 1.90. The second-order valence-electron chi connectivity index (χ2n) is 4.30. The standard InChI is InChI=1S/C13H17N3O/c14-11-8-6-10(7-9-11)13(17)16-15-12-4-2-1-3-5-12/h6-9H,1-5,14H2,(H,16,17). The molecule has 1 fully saturated rings. The number of nitrogen functional groups attached to an aromatic ring is 1. The van der Waals surface area contributed by atoms with Crippen molar-refractivity contribution in [1.29, 1.82) is 0 Å². The topological polar surface area (TPSA) is 67.5 Å².